The summed E-state index contributed by atoms with van der Waals surface area (Å²) in [4.78, 5) is 22.3. The molecule has 0 unspecified atom stereocenters. The highest BCUT2D eigenvalue weighted by Crippen LogP contribution is 2.20. The van der Waals surface area contributed by atoms with Crippen molar-refractivity contribution in [3.8, 4) is 0 Å². The van der Waals surface area contributed by atoms with Crippen LogP contribution in [0.2, 0.25) is 0 Å². The van der Waals surface area contributed by atoms with Crippen LogP contribution in [0.15, 0.2) is 18.2 Å². The molecule has 0 fully saturated rings. The van der Waals surface area contributed by atoms with Crippen LogP contribution in [0.25, 0.3) is 0 Å². The van der Waals surface area contributed by atoms with E-state index in [-0.39, 0.29) is 29.6 Å². The number of nitrogens with one attached hydrogen (secondary N) is 1. The monoisotopic (exact) mass is 301 g/mol. The number of nitro groups is 1. The Hall–Kier alpha value is -1.66. The minimum Gasteiger partial charge on any atom is -0.350 e. The first-order chi connectivity index (χ1) is 8.74. The second-order valence-corrected chi connectivity index (χ2v) is 5.13. The van der Waals surface area contributed by atoms with Crippen molar-refractivity contribution in [1.82, 2.24) is 5.32 Å². The molecule has 0 bridgehead atoms. The number of carbonyl (C=O) groups excluding carboxylic acids is 1. The van der Waals surface area contributed by atoms with Crippen LogP contribution in [-0.2, 0) is 6.42 Å². The summed E-state index contributed by atoms with van der Waals surface area (Å²) in [7, 11) is 0. The largest absolute Gasteiger partial charge is 0.350 e. The normalized spacial score (nSPS) is 10.6. The zero-order chi connectivity index (χ0) is 14.6. The molecule has 112 valence electrons. The average Bonchev–Trinajstić information content (AvgIpc) is 2.34. The van der Waals surface area contributed by atoms with Gasteiger partial charge < -0.3 is 11.1 Å². The molecule has 0 heterocycles. The Bertz CT molecular complexity index is 498. The Kier molecular flexibility index (Phi) is 6.61. The first-order valence-electron chi connectivity index (χ1n) is 6.09. The van der Waals surface area contributed by atoms with Gasteiger partial charge in [-0.15, -0.1) is 12.4 Å². The third-order valence-electron chi connectivity index (χ3n) is 2.63. The number of rotatable bonds is 5. The van der Waals surface area contributed by atoms with Crippen molar-refractivity contribution in [2.45, 2.75) is 32.7 Å². The van der Waals surface area contributed by atoms with Gasteiger partial charge in [0.2, 0.25) is 0 Å². The van der Waals surface area contributed by atoms with E-state index in [4.69, 9.17) is 5.73 Å². The van der Waals surface area contributed by atoms with Gasteiger partial charge in [0.1, 0.15) is 0 Å². The number of hydrogen-bond acceptors (Lipinski definition) is 4. The van der Waals surface area contributed by atoms with Crippen LogP contribution in [0.3, 0.4) is 0 Å². The van der Waals surface area contributed by atoms with E-state index in [2.05, 4.69) is 5.32 Å². The summed E-state index contributed by atoms with van der Waals surface area (Å²) < 4.78 is 0. The van der Waals surface area contributed by atoms with Crippen LogP contribution in [-0.4, -0.2) is 22.9 Å². The minimum atomic E-state index is -0.523. The molecular formula is C13H20ClN3O3. The summed E-state index contributed by atoms with van der Waals surface area (Å²) in [6, 6.07) is 4.50. The van der Waals surface area contributed by atoms with Gasteiger partial charge in [0.05, 0.1) is 4.92 Å². The van der Waals surface area contributed by atoms with Crippen LogP contribution in [0.5, 0.6) is 0 Å². The molecule has 20 heavy (non-hydrogen) atoms. The van der Waals surface area contributed by atoms with Crippen molar-refractivity contribution in [2.24, 2.45) is 5.73 Å². The molecule has 1 amide bonds. The smallest absolute Gasteiger partial charge is 0.273 e. The van der Waals surface area contributed by atoms with Crippen LogP contribution in [0.4, 0.5) is 5.69 Å². The quantitative estimate of drug-likeness (QED) is 0.642. The second-order valence-electron chi connectivity index (χ2n) is 5.13. The van der Waals surface area contributed by atoms with E-state index in [1.807, 2.05) is 6.92 Å². The molecule has 1 aromatic rings. The standard InChI is InChI=1S/C13H19N3O3.ClH/c1-4-9-5-6-10(7-11(9)16(18)19)12(17)15-8-13(2,3)14;/h5-7H,4,8,14H2,1-3H3,(H,15,17);1H. The Labute approximate surface area is 124 Å². The van der Waals surface area contributed by atoms with Crippen LogP contribution in [0.1, 0.15) is 36.7 Å². The predicted molar refractivity (Wildman–Crippen MR) is 80.3 cm³/mol. The number of nitro benzene ring substituents is 1. The van der Waals surface area contributed by atoms with E-state index in [9.17, 15) is 14.9 Å². The number of benzene rings is 1. The van der Waals surface area contributed by atoms with E-state index < -0.39 is 10.5 Å². The van der Waals surface area contributed by atoms with Crippen LogP contribution in [0, 0.1) is 10.1 Å². The van der Waals surface area contributed by atoms with E-state index in [1.54, 1.807) is 26.0 Å². The van der Waals surface area contributed by atoms with Crippen molar-refractivity contribution in [3.05, 3.63) is 39.4 Å². The van der Waals surface area contributed by atoms with Gasteiger partial charge in [-0.2, -0.15) is 0 Å². The zero-order valence-electron chi connectivity index (χ0n) is 11.8. The van der Waals surface area contributed by atoms with Gasteiger partial charge in [-0.05, 0) is 26.3 Å². The molecule has 1 rings (SSSR count). The summed E-state index contributed by atoms with van der Waals surface area (Å²) in [5, 5.41) is 13.6. The highest BCUT2D eigenvalue weighted by Gasteiger charge is 2.18. The average molecular weight is 302 g/mol. The third-order valence-corrected chi connectivity index (χ3v) is 2.63. The number of halogens is 1. The Morgan fingerprint density at radius 3 is 2.50 bits per heavy atom. The van der Waals surface area contributed by atoms with Gasteiger partial charge in [0.25, 0.3) is 11.6 Å². The summed E-state index contributed by atoms with van der Waals surface area (Å²) in [5.74, 6) is -0.357. The van der Waals surface area contributed by atoms with Gasteiger partial charge in [0, 0.05) is 29.3 Å². The van der Waals surface area contributed by atoms with E-state index in [1.165, 1.54) is 6.07 Å². The molecule has 0 aliphatic rings. The maximum absolute atomic E-state index is 11.9. The maximum atomic E-state index is 11.9. The first kappa shape index (κ1) is 18.3. The molecule has 6 nitrogen and oxygen atoms in total. The molecule has 0 atom stereocenters. The highest BCUT2D eigenvalue weighted by molar-refractivity contribution is 5.95. The van der Waals surface area contributed by atoms with Gasteiger partial charge in [-0.1, -0.05) is 13.0 Å². The molecule has 0 aliphatic heterocycles. The molecule has 0 aromatic heterocycles. The van der Waals surface area contributed by atoms with Crippen LogP contribution < -0.4 is 11.1 Å². The Morgan fingerprint density at radius 2 is 2.05 bits per heavy atom. The molecule has 0 aliphatic carbocycles. The molecule has 3 N–H and O–H groups in total. The van der Waals surface area contributed by atoms with Gasteiger partial charge in [-0.3, -0.25) is 14.9 Å². The van der Waals surface area contributed by atoms with E-state index in [0.717, 1.165) is 0 Å². The second kappa shape index (κ2) is 7.21. The van der Waals surface area contributed by atoms with Gasteiger partial charge >= 0.3 is 0 Å². The summed E-state index contributed by atoms with van der Waals surface area (Å²) >= 11 is 0. The Balaban J connectivity index is 0.00000361. The SMILES string of the molecule is CCc1ccc(C(=O)NCC(C)(C)N)cc1[N+](=O)[O-].Cl. The fourth-order valence-corrected chi connectivity index (χ4v) is 1.58. The van der Waals surface area contributed by atoms with Gasteiger partial charge in [-0.25, -0.2) is 0 Å². The number of hydrogen-bond donors (Lipinski definition) is 2. The fraction of sp³-hybridized carbons (Fsp3) is 0.462. The van der Waals surface area contributed by atoms with Crippen molar-refractivity contribution >= 4 is 24.0 Å². The first-order valence-corrected chi connectivity index (χ1v) is 6.09. The van der Waals surface area contributed by atoms with Crippen molar-refractivity contribution in [1.29, 1.82) is 0 Å². The lowest BCUT2D eigenvalue weighted by Crippen LogP contribution is -2.45. The molecule has 0 spiro atoms. The third kappa shape index (κ3) is 5.14. The highest BCUT2D eigenvalue weighted by atomic mass is 35.5. The number of nitrogens with zero attached hydrogens (tertiary/aromatic N) is 1. The lowest BCUT2D eigenvalue weighted by atomic mass is 10.1. The summed E-state index contributed by atoms with van der Waals surface area (Å²) in [5.41, 5.74) is 6.10. The molecular weight excluding hydrogens is 282 g/mol. The zero-order valence-corrected chi connectivity index (χ0v) is 12.6. The number of carbonyl (C=O) groups is 1. The fourth-order valence-electron chi connectivity index (χ4n) is 1.58. The number of aryl methyl sites for hydroxylation is 1. The van der Waals surface area contributed by atoms with Crippen LogP contribution >= 0.6 is 12.4 Å². The lowest BCUT2D eigenvalue weighted by molar-refractivity contribution is -0.385. The van der Waals surface area contributed by atoms with E-state index >= 15 is 0 Å². The summed E-state index contributed by atoms with van der Waals surface area (Å²) in [6.07, 6.45) is 0.550. The number of amides is 1. The van der Waals surface area contributed by atoms with Crippen molar-refractivity contribution < 1.29 is 9.72 Å². The molecule has 7 heteroatoms. The van der Waals surface area contributed by atoms with E-state index in [0.29, 0.717) is 18.5 Å². The molecule has 0 radical (unpaired) electrons. The number of nitrogens with two attached hydrogens (primary N) is 1. The lowest BCUT2D eigenvalue weighted by Gasteiger charge is -2.18. The topological polar surface area (TPSA) is 98.3 Å². The minimum absolute atomic E-state index is 0. The van der Waals surface area contributed by atoms with Crippen molar-refractivity contribution in [3.63, 3.8) is 0 Å². The predicted octanol–water partition coefficient (Wildman–Crippen LogP) is 2.05. The molecule has 0 saturated carbocycles. The Morgan fingerprint density at radius 1 is 1.45 bits per heavy atom. The molecule has 1 aromatic carbocycles. The maximum Gasteiger partial charge on any atom is 0.273 e. The molecule has 0 saturated heterocycles. The van der Waals surface area contributed by atoms with Gasteiger partial charge in [0.15, 0.2) is 0 Å². The summed E-state index contributed by atoms with van der Waals surface area (Å²) in [6.45, 7) is 5.71. The van der Waals surface area contributed by atoms with Crippen molar-refractivity contribution in [2.75, 3.05) is 6.54 Å².